The van der Waals surface area contributed by atoms with Crippen LogP contribution < -0.4 is 0 Å². The SMILES string of the molecule is COC(=O)CCCc1cccc([C@H]2CC[C@@H](OC(C)=O)[C@@H]2/C=C/COC(C)=O)c1O. The number of phenolic OH excluding ortho intramolecular Hbond substituents is 1. The molecule has 7 nitrogen and oxygen atoms in total. The first kappa shape index (κ1) is 23.4. The molecule has 0 aromatic heterocycles. The van der Waals surface area contributed by atoms with E-state index in [4.69, 9.17) is 9.47 Å². The second-order valence-electron chi connectivity index (χ2n) is 7.42. The molecule has 0 unspecified atom stereocenters. The van der Waals surface area contributed by atoms with E-state index < -0.39 is 0 Å². The zero-order chi connectivity index (χ0) is 22.1. The summed E-state index contributed by atoms with van der Waals surface area (Å²) < 4.78 is 15.1. The summed E-state index contributed by atoms with van der Waals surface area (Å²) in [5.74, 6) is -0.946. The summed E-state index contributed by atoms with van der Waals surface area (Å²) in [5.41, 5.74) is 1.57. The van der Waals surface area contributed by atoms with Crippen LogP contribution in [0.4, 0.5) is 0 Å². The standard InChI is InChI=1S/C23H30O7/c1-15(24)29-14-6-10-19-18(12-13-21(19)30-16(2)25)20-9-4-7-17(23(20)27)8-5-11-22(26)28-3/h4,6-7,9-10,18-19,21,27H,5,8,11-14H2,1-3H3/b10-6+/t18-,19+,21+/m0/s1. The first-order valence-corrected chi connectivity index (χ1v) is 10.2. The van der Waals surface area contributed by atoms with Crippen molar-refractivity contribution in [3.63, 3.8) is 0 Å². The van der Waals surface area contributed by atoms with Crippen molar-refractivity contribution in [2.75, 3.05) is 13.7 Å². The molecule has 1 fully saturated rings. The lowest BCUT2D eigenvalue weighted by Crippen LogP contribution is -2.22. The summed E-state index contributed by atoms with van der Waals surface area (Å²) in [6.45, 7) is 2.87. The number of hydrogen-bond donors (Lipinski definition) is 1. The van der Waals surface area contributed by atoms with Gasteiger partial charge in [0, 0.05) is 26.2 Å². The van der Waals surface area contributed by atoms with Gasteiger partial charge in [0.15, 0.2) is 0 Å². The average Bonchev–Trinajstić information content (AvgIpc) is 3.07. The Morgan fingerprint density at radius 3 is 2.60 bits per heavy atom. The fraction of sp³-hybridized carbons (Fsp3) is 0.522. The number of hydrogen-bond acceptors (Lipinski definition) is 7. The molecule has 0 heterocycles. The molecule has 1 N–H and O–H groups in total. The summed E-state index contributed by atoms with van der Waals surface area (Å²) in [5, 5.41) is 10.9. The summed E-state index contributed by atoms with van der Waals surface area (Å²) in [6.07, 6.45) is 6.20. The number of carbonyl (C=O) groups is 3. The number of methoxy groups -OCH3 is 1. The van der Waals surface area contributed by atoms with Crippen molar-refractivity contribution in [3.8, 4) is 5.75 Å². The zero-order valence-electron chi connectivity index (χ0n) is 17.8. The second kappa shape index (κ2) is 11.4. The van der Waals surface area contributed by atoms with Crippen LogP contribution >= 0.6 is 0 Å². The highest BCUT2D eigenvalue weighted by atomic mass is 16.5. The van der Waals surface area contributed by atoms with Crippen molar-refractivity contribution >= 4 is 17.9 Å². The molecule has 1 saturated carbocycles. The predicted molar refractivity (Wildman–Crippen MR) is 110 cm³/mol. The van der Waals surface area contributed by atoms with E-state index in [9.17, 15) is 19.5 Å². The molecule has 164 valence electrons. The molecule has 0 saturated heterocycles. The van der Waals surface area contributed by atoms with Crippen LogP contribution in [0.2, 0.25) is 0 Å². The van der Waals surface area contributed by atoms with Crippen LogP contribution in [0, 0.1) is 5.92 Å². The Morgan fingerprint density at radius 1 is 1.17 bits per heavy atom. The average molecular weight is 418 g/mol. The maximum atomic E-state index is 11.5. The van der Waals surface area contributed by atoms with Gasteiger partial charge in [0.2, 0.25) is 0 Å². The van der Waals surface area contributed by atoms with Gasteiger partial charge >= 0.3 is 17.9 Å². The van der Waals surface area contributed by atoms with Crippen molar-refractivity contribution in [2.45, 2.75) is 58.0 Å². The van der Waals surface area contributed by atoms with Crippen LogP contribution in [0.3, 0.4) is 0 Å². The van der Waals surface area contributed by atoms with Gasteiger partial charge in [0.25, 0.3) is 0 Å². The molecule has 3 atom stereocenters. The first-order valence-electron chi connectivity index (χ1n) is 10.2. The van der Waals surface area contributed by atoms with Gasteiger partial charge in [-0.05, 0) is 42.7 Å². The number of aromatic hydroxyl groups is 1. The lowest BCUT2D eigenvalue weighted by Gasteiger charge is -2.23. The maximum absolute atomic E-state index is 11.5. The smallest absolute Gasteiger partial charge is 0.305 e. The number of phenols is 1. The normalized spacial score (nSPS) is 20.8. The highest BCUT2D eigenvalue weighted by Gasteiger charge is 2.38. The van der Waals surface area contributed by atoms with Gasteiger partial charge in [-0.3, -0.25) is 14.4 Å². The predicted octanol–water partition coefficient (Wildman–Crippen LogP) is 3.43. The molecule has 7 heteroatoms. The fourth-order valence-corrected chi connectivity index (χ4v) is 3.97. The molecule has 1 aromatic carbocycles. The Labute approximate surface area is 177 Å². The minimum atomic E-state index is -0.364. The Kier molecular flexibility index (Phi) is 8.89. The molecule has 1 aliphatic rings. The van der Waals surface area contributed by atoms with Gasteiger partial charge in [-0.1, -0.05) is 30.4 Å². The van der Waals surface area contributed by atoms with Gasteiger partial charge in [0.1, 0.15) is 18.5 Å². The van der Waals surface area contributed by atoms with Crippen molar-refractivity contribution in [3.05, 3.63) is 41.5 Å². The van der Waals surface area contributed by atoms with E-state index in [2.05, 4.69) is 4.74 Å². The van der Waals surface area contributed by atoms with E-state index in [0.717, 1.165) is 17.5 Å². The number of para-hydroxylation sites is 1. The van der Waals surface area contributed by atoms with Crippen LogP contribution in [0.25, 0.3) is 0 Å². The Bertz CT molecular complexity index is 784. The molecule has 0 bridgehead atoms. The quantitative estimate of drug-likeness (QED) is 0.373. The topological polar surface area (TPSA) is 99.1 Å². The number of rotatable bonds is 9. The van der Waals surface area contributed by atoms with Gasteiger partial charge in [0.05, 0.1) is 7.11 Å². The van der Waals surface area contributed by atoms with Gasteiger partial charge in [-0.2, -0.15) is 0 Å². The summed E-state index contributed by atoms with van der Waals surface area (Å²) in [4.78, 5) is 33.8. The molecule has 1 aromatic rings. The zero-order valence-corrected chi connectivity index (χ0v) is 17.8. The minimum Gasteiger partial charge on any atom is -0.507 e. The number of carbonyl (C=O) groups excluding carboxylic acids is 3. The molecular weight excluding hydrogens is 388 g/mol. The number of esters is 3. The van der Waals surface area contributed by atoms with Crippen LogP contribution in [-0.2, 0) is 35.0 Å². The van der Waals surface area contributed by atoms with Crippen molar-refractivity contribution in [1.82, 2.24) is 0 Å². The van der Waals surface area contributed by atoms with Crippen LogP contribution in [0.1, 0.15) is 56.6 Å². The van der Waals surface area contributed by atoms with Crippen molar-refractivity contribution in [1.29, 1.82) is 0 Å². The van der Waals surface area contributed by atoms with Crippen LogP contribution in [0.15, 0.2) is 30.4 Å². The number of ether oxygens (including phenoxy) is 3. The minimum absolute atomic E-state index is 0.0384. The number of benzene rings is 1. The lowest BCUT2D eigenvalue weighted by molar-refractivity contribution is -0.147. The Morgan fingerprint density at radius 2 is 1.93 bits per heavy atom. The van der Waals surface area contributed by atoms with E-state index in [1.165, 1.54) is 21.0 Å². The third kappa shape index (κ3) is 6.61. The monoisotopic (exact) mass is 418 g/mol. The second-order valence-corrected chi connectivity index (χ2v) is 7.42. The van der Waals surface area contributed by atoms with E-state index >= 15 is 0 Å². The van der Waals surface area contributed by atoms with Crippen LogP contribution in [-0.4, -0.2) is 42.8 Å². The molecule has 0 aliphatic heterocycles. The van der Waals surface area contributed by atoms with E-state index in [-0.39, 0.29) is 48.2 Å². The van der Waals surface area contributed by atoms with Crippen molar-refractivity contribution < 1.29 is 33.7 Å². The van der Waals surface area contributed by atoms with Crippen molar-refractivity contribution in [2.24, 2.45) is 5.92 Å². The molecule has 0 amide bonds. The highest BCUT2D eigenvalue weighted by Crippen LogP contribution is 2.45. The lowest BCUT2D eigenvalue weighted by atomic mass is 9.85. The maximum Gasteiger partial charge on any atom is 0.305 e. The molecule has 2 rings (SSSR count). The van der Waals surface area contributed by atoms with E-state index in [1.54, 1.807) is 6.08 Å². The fourth-order valence-electron chi connectivity index (χ4n) is 3.97. The van der Waals surface area contributed by atoms with E-state index in [0.29, 0.717) is 25.7 Å². The number of aryl methyl sites for hydroxylation is 1. The third-order valence-corrected chi connectivity index (χ3v) is 5.32. The van der Waals surface area contributed by atoms with Gasteiger partial charge in [-0.25, -0.2) is 0 Å². The molecule has 30 heavy (non-hydrogen) atoms. The van der Waals surface area contributed by atoms with Gasteiger partial charge in [-0.15, -0.1) is 0 Å². The molecular formula is C23H30O7. The molecule has 1 aliphatic carbocycles. The molecule has 0 radical (unpaired) electrons. The first-order chi connectivity index (χ1) is 14.3. The van der Waals surface area contributed by atoms with E-state index in [1.807, 2.05) is 24.3 Å². The largest absolute Gasteiger partial charge is 0.507 e. The third-order valence-electron chi connectivity index (χ3n) is 5.32. The Balaban J connectivity index is 2.19. The summed E-state index contributed by atoms with van der Waals surface area (Å²) in [6, 6.07) is 5.62. The summed E-state index contributed by atoms with van der Waals surface area (Å²) >= 11 is 0. The van der Waals surface area contributed by atoms with Gasteiger partial charge < -0.3 is 19.3 Å². The van der Waals surface area contributed by atoms with Crippen LogP contribution in [0.5, 0.6) is 5.75 Å². The Hall–Kier alpha value is -2.83. The summed E-state index contributed by atoms with van der Waals surface area (Å²) in [7, 11) is 1.36. The molecule has 0 spiro atoms. The highest BCUT2D eigenvalue weighted by molar-refractivity contribution is 5.69.